The van der Waals surface area contributed by atoms with Crippen molar-refractivity contribution in [3.63, 3.8) is 0 Å². The third-order valence-electron chi connectivity index (χ3n) is 2.60. The van der Waals surface area contributed by atoms with Crippen LogP contribution in [0.2, 0.25) is 4.71 Å². The Morgan fingerprint density at radius 1 is 1.38 bits per heavy atom. The summed E-state index contributed by atoms with van der Waals surface area (Å²) in [6.45, 7) is 1.94. The van der Waals surface area contributed by atoms with E-state index < -0.39 is 0 Å². The van der Waals surface area contributed by atoms with Crippen LogP contribution in [0, 0.1) is 6.92 Å². The van der Waals surface area contributed by atoms with Crippen LogP contribution in [0.3, 0.4) is 0 Å². The molecular formula is C11H14AsO. The summed E-state index contributed by atoms with van der Waals surface area (Å²) in [6.07, 6.45) is 4.24. The van der Waals surface area contributed by atoms with Crippen LogP contribution in [0.5, 0.6) is 5.75 Å². The Morgan fingerprint density at radius 3 is 2.69 bits per heavy atom. The van der Waals surface area contributed by atoms with Gasteiger partial charge in [-0.05, 0) is 0 Å². The zero-order valence-corrected chi connectivity index (χ0v) is 9.70. The van der Waals surface area contributed by atoms with Gasteiger partial charge in [0.25, 0.3) is 0 Å². The van der Waals surface area contributed by atoms with Crippen molar-refractivity contribution >= 4 is 20.1 Å². The van der Waals surface area contributed by atoms with Crippen LogP contribution in [0.1, 0.15) is 24.8 Å². The Balaban J connectivity index is 2.07. The monoisotopic (exact) mass is 237 g/mol. The van der Waals surface area contributed by atoms with E-state index >= 15 is 0 Å². The first-order valence-electron chi connectivity index (χ1n) is 4.76. The van der Waals surface area contributed by atoms with E-state index in [9.17, 15) is 5.11 Å². The minimum atomic E-state index is 0.307. The molecule has 0 bridgehead atoms. The maximum atomic E-state index is 9.52. The standard InChI is InChI=1S/C11H14AsO/c1-8-5-6-10(7-11(8)13)12-9-3-2-4-9/h5-7,9,13H,2-4H2,1H3. The fourth-order valence-corrected chi connectivity index (χ4v) is 4.35. The molecule has 0 unspecified atom stereocenters. The number of aromatic hydroxyl groups is 1. The van der Waals surface area contributed by atoms with Crippen molar-refractivity contribution in [1.29, 1.82) is 0 Å². The van der Waals surface area contributed by atoms with Crippen molar-refractivity contribution < 1.29 is 5.11 Å². The first-order chi connectivity index (χ1) is 6.25. The van der Waals surface area contributed by atoms with Crippen LogP contribution in [-0.4, -0.2) is 20.9 Å². The summed E-state index contributed by atoms with van der Waals surface area (Å²) in [5.41, 5.74) is 0.985. The van der Waals surface area contributed by atoms with E-state index in [1.807, 2.05) is 19.1 Å². The summed E-state index contributed by atoms with van der Waals surface area (Å²) in [7, 11) is 0. The van der Waals surface area contributed by atoms with Gasteiger partial charge in [-0.25, -0.2) is 0 Å². The number of hydrogen-bond donors (Lipinski definition) is 1. The first-order valence-corrected chi connectivity index (χ1v) is 6.78. The van der Waals surface area contributed by atoms with Gasteiger partial charge in [-0.3, -0.25) is 0 Å². The van der Waals surface area contributed by atoms with Gasteiger partial charge in [-0.1, -0.05) is 0 Å². The molecule has 69 valence electrons. The second kappa shape index (κ2) is 3.75. The Morgan fingerprint density at radius 2 is 2.15 bits per heavy atom. The van der Waals surface area contributed by atoms with Gasteiger partial charge < -0.3 is 0 Å². The molecule has 0 aromatic heterocycles. The van der Waals surface area contributed by atoms with E-state index in [4.69, 9.17) is 0 Å². The fourth-order valence-electron chi connectivity index (χ4n) is 1.40. The minimum absolute atomic E-state index is 0.307. The topological polar surface area (TPSA) is 20.2 Å². The van der Waals surface area contributed by atoms with Crippen molar-refractivity contribution in [2.45, 2.75) is 30.9 Å². The van der Waals surface area contributed by atoms with E-state index in [1.54, 1.807) is 0 Å². The third kappa shape index (κ3) is 2.08. The first kappa shape index (κ1) is 9.15. The van der Waals surface area contributed by atoms with Crippen LogP contribution in [0.4, 0.5) is 0 Å². The molecule has 1 saturated carbocycles. The van der Waals surface area contributed by atoms with Crippen LogP contribution in [0.15, 0.2) is 18.2 Å². The Kier molecular flexibility index (Phi) is 2.64. The Bertz CT molecular complexity index is 305. The van der Waals surface area contributed by atoms with Gasteiger partial charge in [0.15, 0.2) is 0 Å². The summed E-state index contributed by atoms with van der Waals surface area (Å²) in [5, 5.41) is 9.52. The number of phenolic OH excluding ortho intramolecular Hbond substituents is 1. The van der Waals surface area contributed by atoms with Gasteiger partial charge in [0.05, 0.1) is 0 Å². The molecule has 1 aromatic carbocycles. The van der Waals surface area contributed by atoms with Crippen molar-refractivity contribution in [3.05, 3.63) is 23.8 Å². The molecule has 1 aliphatic rings. The molecule has 0 heterocycles. The molecule has 1 nitrogen and oxygen atoms in total. The van der Waals surface area contributed by atoms with Crippen LogP contribution in [-0.2, 0) is 0 Å². The number of benzene rings is 1. The molecule has 1 N–H and O–H groups in total. The molecule has 1 fully saturated rings. The average Bonchev–Trinajstić information content (AvgIpc) is 2.04. The molecule has 2 rings (SSSR count). The van der Waals surface area contributed by atoms with Crippen LogP contribution in [0.25, 0.3) is 0 Å². The summed E-state index contributed by atoms with van der Waals surface area (Å²) >= 11 is 0.307. The third-order valence-corrected chi connectivity index (χ3v) is 5.66. The van der Waals surface area contributed by atoms with Gasteiger partial charge in [-0.15, -0.1) is 0 Å². The average molecular weight is 237 g/mol. The van der Waals surface area contributed by atoms with E-state index in [1.165, 1.54) is 23.6 Å². The summed E-state index contributed by atoms with van der Waals surface area (Å²) in [6, 6.07) is 6.15. The van der Waals surface area contributed by atoms with Crippen molar-refractivity contribution in [2.75, 3.05) is 0 Å². The molecule has 13 heavy (non-hydrogen) atoms. The normalized spacial score (nSPS) is 17.9. The molecule has 1 radical (unpaired) electrons. The zero-order valence-electron chi connectivity index (χ0n) is 7.83. The SMILES string of the molecule is Cc1ccc([As]C2CCC2)cc1O. The van der Waals surface area contributed by atoms with Gasteiger partial charge in [0.1, 0.15) is 0 Å². The van der Waals surface area contributed by atoms with Crippen molar-refractivity contribution in [1.82, 2.24) is 0 Å². The Hall–Kier alpha value is -0.422. The number of aryl methyl sites for hydroxylation is 1. The molecule has 0 saturated heterocycles. The molecule has 0 aliphatic heterocycles. The molecule has 0 amide bonds. The van der Waals surface area contributed by atoms with Crippen LogP contribution < -0.4 is 4.35 Å². The van der Waals surface area contributed by atoms with E-state index in [0.717, 1.165) is 10.3 Å². The van der Waals surface area contributed by atoms with Crippen LogP contribution >= 0.6 is 0 Å². The van der Waals surface area contributed by atoms with Gasteiger partial charge >= 0.3 is 85.6 Å². The molecule has 0 spiro atoms. The van der Waals surface area contributed by atoms with Crippen molar-refractivity contribution in [2.24, 2.45) is 0 Å². The fraction of sp³-hybridized carbons (Fsp3) is 0.455. The molecule has 1 aliphatic carbocycles. The zero-order chi connectivity index (χ0) is 9.26. The number of phenols is 1. The molecule has 0 atom stereocenters. The van der Waals surface area contributed by atoms with Gasteiger partial charge in [-0.2, -0.15) is 0 Å². The van der Waals surface area contributed by atoms with Crippen molar-refractivity contribution in [3.8, 4) is 5.75 Å². The van der Waals surface area contributed by atoms with E-state index in [2.05, 4.69) is 6.07 Å². The summed E-state index contributed by atoms with van der Waals surface area (Å²) in [4.78, 5) is 0. The van der Waals surface area contributed by atoms with E-state index in [-0.39, 0.29) is 0 Å². The molecular weight excluding hydrogens is 223 g/mol. The second-order valence-electron chi connectivity index (χ2n) is 3.68. The molecule has 2 heteroatoms. The second-order valence-corrected chi connectivity index (χ2v) is 6.84. The quantitative estimate of drug-likeness (QED) is 0.780. The van der Waals surface area contributed by atoms with Gasteiger partial charge in [0, 0.05) is 0 Å². The molecule has 1 aromatic rings. The van der Waals surface area contributed by atoms with E-state index in [0.29, 0.717) is 21.5 Å². The summed E-state index contributed by atoms with van der Waals surface area (Å²) in [5.74, 6) is 0.465. The van der Waals surface area contributed by atoms with Gasteiger partial charge in [0.2, 0.25) is 0 Å². The number of hydrogen-bond acceptors (Lipinski definition) is 1. The predicted molar refractivity (Wildman–Crippen MR) is 55.8 cm³/mol. The Labute approximate surface area is 85.9 Å². The summed E-state index contributed by atoms with van der Waals surface area (Å²) < 4.78 is 2.35. The number of rotatable bonds is 2. The predicted octanol–water partition coefficient (Wildman–Crippen LogP) is 2.00. The maximum absolute atomic E-state index is 9.52.